The Morgan fingerprint density at radius 1 is 1.50 bits per heavy atom. The molecule has 0 saturated heterocycles. The molecule has 5 heteroatoms. The summed E-state index contributed by atoms with van der Waals surface area (Å²) in [6.07, 6.45) is 4.89. The van der Waals surface area contributed by atoms with Gasteiger partial charge in [0, 0.05) is 32.6 Å². The fourth-order valence-electron chi connectivity index (χ4n) is 1.44. The van der Waals surface area contributed by atoms with Crippen LogP contribution < -0.4 is 5.32 Å². The third kappa shape index (κ3) is 4.63. The van der Waals surface area contributed by atoms with Crippen molar-refractivity contribution in [1.82, 2.24) is 14.5 Å². The van der Waals surface area contributed by atoms with E-state index in [1.165, 1.54) is 0 Å². The van der Waals surface area contributed by atoms with Crippen LogP contribution in [0.25, 0.3) is 0 Å². The number of anilines is 1. The van der Waals surface area contributed by atoms with Gasteiger partial charge in [-0.25, -0.2) is 4.98 Å². The fourth-order valence-corrected chi connectivity index (χ4v) is 1.44. The largest absolute Gasteiger partial charge is 0.383 e. The summed E-state index contributed by atoms with van der Waals surface area (Å²) in [6, 6.07) is 0. The monoisotopic (exact) mass is 226 g/mol. The molecule has 0 spiro atoms. The maximum absolute atomic E-state index is 5.04. The van der Waals surface area contributed by atoms with Crippen molar-refractivity contribution in [2.24, 2.45) is 0 Å². The zero-order valence-electron chi connectivity index (χ0n) is 10.4. The van der Waals surface area contributed by atoms with Gasteiger partial charge in [0.2, 0.25) is 5.95 Å². The maximum atomic E-state index is 5.04. The minimum Gasteiger partial charge on any atom is -0.383 e. The number of hydrogen-bond acceptors (Lipinski definition) is 4. The fraction of sp³-hybridized carbons (Fsp3) is 0.727. The Kier molecular flexibility index (Phi) is 5.88. The van der Waals surface area contributed by atoms with Crippen LogP contribution >= 0.6 is 0 Å². The highest BCUT2D eigenvalue weighted by Crippen LogP contribution is 2.03. The first-order chi connectivity index (χ1) is 7.74. The predicted octanol–water partition coefficient (Wildman–Crippen LogP) is 0.893. The van der Waals surface area contributed by atoms with Crippen molar-refractivity contribution in [1.29, 1.82) is 0 Å². The van der Waals surface area contributed by atoms with Crippen molar-refractivity contribution in [3.05, 3.63) is 12.4 Å². The Morgan fingerprint density at radius 3 is 3.00 bits per heavy atom. The van der Waals surface area contributed by atoms with Gasteiger partial charge in [-0.05, 0) is 27.1 Å². The van der Waals surface area contributed by atoms with Crippen LogP contribution in [0.4, 0.5) is 5.95 Å². The molecule has 5 nitrogen and oxygen atoms in total. The normalized spacial score (nSPS) is 11.0. The molecular formula is C11H22N4O. The molecule has 1 heterocycles. The summed E-state index contributed by atoms with van der Waals surface area (Å²) in [5.41, 5.74) is 0. The molecule has 0 aromatic carbocycles. The summed E-state index contributed by atoms with van der Waals surface area (Å²) in [5.74, 6) is 0.927. The van der Waals surface area contributed by atoms with Gasteiger partial charge in [-0.3, -0.25) is 0 Å². The number of rotatable bonds is 8. The molecule has 16 heavy (non-hydrogen) atoms. The topological polar surface area (TPSA) is 42.3 Å². The summed E-state index contributed by atoms with van der Waals surface area (Å²) < 4.78 is 7.11. The van der Waals surface area contributed by atoms with E-state index in [9.17, 15) is 0 Å². The van der Waals surface area contributed by atoms with Crippen LogP contribution in [0.5, 0.6) is 0 Å². The van der Waals surface area contributed by atoms with Crippen LogP contribution in [-0.2, 0) is 11.3 Å². The van der Waals surface area contributed by atoms with Gasteiger partial charge in [0.1, 0.15) is 0 Å². The summed E-state index contributed by atoms with van der Waals surface area (Å²) in [4.78, 5) is 6.45. The van der Waals surface area contributed by atoms with Crippen LogP contribution in [0.15, 0.2) is 12.4 Å². The number of imidazole rings is 1. The lowest BCUT2D eigenvalue weighted by Crippen LogP contribution is -2.17. The molecule has 0 fully saturated rings. The Labute approximate surface area is 97.4 Å². The lowest BCUT2D eigenvalue weighted by Gasteiger charge is -2.11. The van der Waals surface area contributed by atoms with Crippen LogP contribution in [-0.4, -0.2) is 55.4 Å². The zero-order valence-corrected chi connectivity index (χ0v) is 10.4. The third-order valence-electron chi connectivity index (χ3n) is 2.32. The third-order valence-corrected chi connectivity index (χ3v) is 2.32. The summed E-state index contributed by atoms with van der Waals surface area (Å²) in [6.45, 7) is 3.59. The maximum Gasteiger partial charge on any atom is 0.202 e. The van der Waals surface area contributed by atoms with Gasteiger partial charge in [0.25, 0.3) is 0 Å². The number of nitrogens with one attached hydrogen (secondary N) is 1. The van der Waals surface area contributed by atoms with E-state index in [0.29, 0.717) is 6.61 Å². The smallest absolute Gasteiger partial charge is 0.202 e. The summed E-state index contributed by atoms with van der Waals surface area (Å²) >= 11 is 0. The zero-order chi connectivity index (χ0) is 11.8. The minimum atomic E-state index is 0.711. The first-order valence-electron chi connectivity index (χ1n) is 5.62. The van der Waals surface area contributed by atoms with Gasteiger partial charge in [-0.15, -0.1) is 0 Å². The second kappa shape index (κ2) is 7.24. The molecule has 0 radical (unpaired) electrons. The Morgan fingerprint density at radius 2 is 2.31 bits per heavy atom. The molecule has 0 amide bonds. The second-order valence-corrected chi connectivity index (χ2v) is 4.02. The Bertz CT molecular complexity index is 285. The Balaban J connectivity index is 2.27. The molecular weight excluding hydrogens is 204 g/mol. The number of methoxy groups -OCH3 is 1. The molecule has 0 atom stereocenters. The molecule has 0 saturated carbocycles. The van der Waals surface area contributed by atoms with E-state index in [0.717, 1.165) is 32.0 Å². The number of nitrogens with zero attached hydrogens (tertiary/aromatic N) is 3. The first kappa shape index (κ1) is 13.0. The summed E-state index contributed by atoms with van der Waals surface area (Å²) in [5, 5.41) is 3.33. The average molecular weight is 226 g/mol. The lowest BCUT2D eigenvalue weighted by molar-refractivity contribution is 0.187. The highest BCUT2D eigenvalue weighted by molar-refractivity contribution is 5.25. The van der Waals surface area contributed by atoms with Crippen molar-refractivity contribution in [3.8, 4) is 0 Å². The van der Waals surface area contributed by atoms with Crippen LogP contribution in [0.2, 0.25) is 0 Å². The van der Waals surface area contributed by atoms with Crippen LogP contribution in [0, 0.1) is 0 Å². The molecule has 0 bridgehead atoms. The van der Waals surface area contributed by atoms with Gasteiger partial charge < -0.3 is 19.5 Å². The van der Waals surface area contributed by atoms with E-state index in [4.69, 9.17) is 4.74 Å². The molecule has 1 N–H and O–H groups in total. The first-order valence-corrected chi connectivity index (χ1v) is 5.62. The van der Waals surface area contributed by atoms with Gasteiger partial charge >= 0.3 is 0 Å². The van der Waals surface area contributed by atoms with Crippen LogP contribution in [0.3, 0.4) is 0 Å². The molecule has 1 aromatic rings. The summed E-state index contributed by atoms with van der Waals surface area (Å²) in [7, 11) is 5.88. The minimum absolute atomic E-state index is 0.711. The molecule has 0 unspecified atom stereocenters. The van der Waals surface area contributed by atoms with E-state index in [1.807, 2.05) is 12.4 Å². The quantitative estimate of drug-likeness (QED) is 0.669. The van der Waals surface area contributed by atoms with Crippen molar-refractivity contribution in [3.63, 3.8) is 0 Å². The van der Waals surface area contributed by atoms with Crippen molar-refractivity contribution < 1.29 is 4.74 Å². The van der Waals surface area contributed by atoms with Crippen LogP contribution in [0.1, 0.15) is 6.42 Å². The number of aromatic nitrogens is 2. The molecule has 1 rings (SSSR count). The molecule has 0 aliphatic heterocycles. The van der Waals surface area contributed by atoms with Crippen molar-refractivity contribution >= 4 is 5.95 Å². The van der Waals surface area contributed by atoms with E-state index in [1.54, 1.807) is 7.11 Å². The number of hydrogen-bond donors (Lipinski definition) is 1. The van der Waals surface area contributed by atoms with E-state index in [2.05, 4.69) is 33.9 Å². The highest BCUT2D eigenvalue weighted by Gasteiger charge is 2.00. The predicted molar refractivity (Wildman–Crippen MR) is 65.8 cm³/mol. The number of ether oxygens (including phenoxy) is 1. The molecule has 1 aromatic heterocycles. The van der Waals surface area contributed by atoms with E-state index in [-0.39, 0.29) is 0 Å². The van der Waals surface area contributed by atoms with Crippen molar-refractivity contribution in [2.75, 3.05) is 46.2 Å². The van der Waals surface area contributed by atoms with Gasteiger partial charge in [-0.2, -0.15) is 0 Å². The van der Waals surface area contributed by atoms with Gasteiger partial charge in [0.15, 0.2) is 0 Å². The molecule has 0 aliphatic carbocycles. The Hall–Kier alpha value is -1.07. The van der Waals surface area contributed by atoms with Crippen molar-refractivity contribution in [2.45, 2.75) is 13.0 Å². The lowest BCUT2D eigenvalue weighted by atomic mass is 10.4. The second-order valence-electron chi connectivity index (χ2n) is 4.02. The molecule has 0 aliphatic rings. The van der Waals surface area contributed by atoms with Gasteiger partial charge in [-0.1, -0.05) is 0 Å². The van der Waals surface area contributed by atoms with E-state index >= 15 is 0 Å². The average Bonchev–Trinajstić information content (AvgIpc) is 2.69. The highest BCUT2D eigenvalue weighted by atomic mass is 16.5. The van der Waals surface area contributed by atoms with E-state index < -0.39 is 0 Å². The van der Waals surface area contributed by atoms with Gasteiger partial charge in [0.05, 0.1) is 6.61 Å². The molecule has 92 valence electrons. The SMILES string of the molecule is COCCn1ccnc1NCCCN(C)C. The standard InChI is InChI=1S/C11H22N4O/c1-14(2)7-4-5-12-11-13-6-8-15(11)9-10-16-3/h6,8H,4-5,7,9-10H2,1-3H3,(H,12,13).